The Morgan fingerprint density at radius 2 is 1.95 bits per heavy atom. The molecule has 21 heavy (non-hydrogen) atoms. The van der Waals surface area contributed by atoms with E-state index in [1.165, 1.54) is 0 Å². The summed E-state index contributed by atoms with van der Waals surface area (Å²) in [4.78, 5) is 10.9. The minimum Gasteiger partial charge on any atom is -0.475 e. The Bertz CT molecular complexity index is 613. The van der Waals surface area contributed by atoms with Gasteiger partial charge in [0.2, 0.25) is 11.8 Å². The second kappa shape index (κ2) is 6.43. The maximum Gasteiger partial charge on any atom is 0.228 e. The molecule has 1 aromatic heterocycles. The van der Waals surface area contributed by atoms with Crippen LogP contribution >= 0.6 is 0 Å². The summed E-state index contributed by atoms with van der Waals surface area (Å²) in [6.07, 6.45) is 0.0854. The number of para-hydroxylation sites is 1. The largest absolute Gasteiger partial charge is 0.475 e. The van der Waals surface area contributed by atoms with Crippen molar-refractivity contribution in [1.82, 2.24) is 9.97 Å². The number of aryl methyl sites for hydroxylation is 1. The van der Waals surface area contributed by atoms with E-state index in [0.29, 0.717) is 18.4 Å². The quantitative estimate of drug-likeness (QED) is 0.856. The molecule has 0 fully saturated rings. The lowest BCUT2D eigenvalue weighted by Crippen LogP contribution is -2.21. The summed E-state index contributed by atoms with van der Waals surface area (Å²) in [5.74, 6) is 1.23. The number of benzene rings is 1. The first-order valence-electron chi connectivity index (χ1n) is 7.02. The minimum atomic E-state index is 0.0854. The predicted octanol–water partition coefficient (Wildman–Crippen LogP) is 2.79. The highest BCUT2D eigenvalue weighted by atomic mass is 16.5. The van der Waals surface area contributed by atoms with Crippen LogP contribution in [0.3, 0.4) is 0 Å². The van der Waals surface area contributed by atoms with Crippen molar-refractivity contribution in [2.75, 3.05) is 17.7 Å². The molecule has 2 rings (SSSR count). The summed E-state index contributed by atoms with van der Waals surface area (Å²) < 4.78 is 5.66. The molecule has 0 aliphatic heterocycles. The monoisotopic (exact) mass is 286 g/mol. The zero-order valence-electron chi connectivity index (χ0n) is 13.0. The lowest BCUT2D eigenvalue weighted by atomic mass is 10.2. The standard InChI is InChI=1S/C16H22N4O/c1-11(2)21-15-9-12(3)18-16(19-15)20(4)10-13-7-5-6-8-14(13)17/h5-9,11H,10,17H2,1-4H3. The number of anilines is 2. The van der Waals surface area contributed by atoms with E-state index in [1.807, 2.05) is 63.1 Å². The topological polar surface area (TPSA) is 64.3 Å². The Morgan fingerprint density at radius 1 is 1.24 bits per heavy atom. The minimum absolute atomic E-state index is 0.0854. The Kier molecular flexibility index (Phi) is 4.62. The summed E-state index contributed by atoms with van der Waals surface area (Å²) in [6, 6.07) is 9.65. The molecule has 0 saturated heterocycles. The highest BCUT2D eigenvalue weighted by molar-refractivity contribution is 5.48. The molecule has 112 valence electrons. The molecule has 0 aliphatic carbocycles. The van der Waals surface area contributed by atoms with Gasteiger partial charge in [0, 0.05) is 31.0 Å². The first-order chi connectivity index (χ1) is 9.95. The van der Waals surface area contributed by atoms with E-state index in [4.69, 9.17) is 10.5 Å². The summed E-state index contributed by atoms with van der Waals surface area (Å²) in [5, 5.41) is 0. The van der Waals surface area contributed by atoms with E-state index in [2.05, 4.69) is 9.97 Å². The van der Waals surface area contributed by atoms with E-state index >= 15 is 0 Å². The van der Waals surface area contributed by atoms with Gasteiger partial charge in [0.1, 0.15) is 0 Å². The van der Waals surface area contributed by atoms with Gasteiger partial charge in [-0.3, -0.25) is 0 Å². The summed E-state index contributed by atoms with van der Waals surface area (Å²) in [5.41, 5.74) is 8.68. The van der Waals surface area contributed by atoms with Crippen LogP contribution in [0.15, 0.2) is 30.3 Å². The number of hydrogen-bond acceptors (Lipinski definition) is 5. The molecule has 5 nitrogen and oxygen atoms in total. The lowest BCUT2D eigenvalue weighted by molar-refractivity contribution is 0.232. The van der Waals surface area contributed by atoms with Gasteiger partial charge in [0.25, 0.3) is 0 Å². The lowest BCUT2D eigenvalue weighted by Gasteiger charge is -2.19. The predicted molar refractivity (Wildman–Crippen MR) is 85.5 cm³/mol. The number of aromatic nitrogens is 2. The molecular formula is C16H22N4O. The van der Waals surface area contributed by atoms with Crippen molar-refractivity contribution in [1.29, 1.82) is 0 Å². The van der Waals surface area contributed by atoms with Gasteiger partial charge >= 0.3 is 0 Å². The molecule has 0 aliphatic rings. The smallest absolute Gasteiger partial charge is 0.228 e. The third-order valence-electron chi connectivity index (χ3n) is 2.98. The summed E-state index contributed by atoms with van der Waals surface area (Å²) in [7, 11) is 1.94. The fraction of sp³-hybridized carbons (Fsp3) is 0.375. The number of nitrogen functional groups attached to an aromatic ring is 1. The average molecular weight is 286 g/mol. The van der Waals surface area contributed by atoms with Crippen molar-refractivity contribution < 1.29 is 4.74 Å². The first kappa shape index (κ1) is 15.1. The maximum absolute atomic E-state index is 5.98. The van der Waals surface area contributed by atoms with Gasteiger partial charge in [-0.15, -0.1) is 0 Å². The fourth-order valence-electron chi connectivity index (χ4n) is 2.00. The molecule has 0 saturated carbocycles. The number of nitrogens with two attached hydrogens (primary N) is 1. The van der Waals surface area contributed by atoms with Crippen molar-refractivity contribution >= 4 is 11.6 Å². The van der Waals surface area contributed by atoms with E-state index in [9.17, 15) is 0 Å². The number of hydrogen-bond donors (Lipinski definition) is 1. The molecule has 0 atom stereocenters. The second-order valence-corrected chi connectivity index (χ2v) is 5.37. The van der Waals surface area contributed by atoms with Crippen molar-refractivity contribution in [3.63, 3.8) is 0 Å². The Balaban J connectivity index is 2.20. The number of ether oxygens (including phenoxy) is 1. The normalized spacial score (nSPS) is 10.7. The molecule has 2 N–H and O–H groups in total. The Hall–Kier alpha value is -2.30. The molecule has 5 heteroatoms. The number of rotatable bonds is 5. The molecule has 2 aromatic rings. The highest BCUT2D eigenvalue weighted by Gasteiger charge is 2.10. The van der Waals surface area contributed by atoms with E-state index in [-0.39, 0.29) is 6.10 Å². The first-order valence-corrected chi connectivity index (χ1v) is 7.02. The molecule has 1 aromatic carbocycles. The van der Waals surface area contributed by atoms with Gasteiger partial charge in [0.05, 0.1) is 6.10 Å². The highest BCUT2D eigenvalue weighted by Crippen LogP contribution is 2.19. The summed E-state index contributed by atoms with van der Waals surface area (Å²) in [6.45, 7) is 6.54. The van der Waals surface area contributed by atoms with Crippen molar-refractivity contribution in [3.05, 3.63) is 41.6 Å². The van der Waals surface area contributed by atoms with Gasteiger partial charge in [-0.1, -0.05) is 18.2 Å². The van der Waals surface area contributed by atoms with Crippen LogP contribution in [0, 0.1) is 6.92 Å². The van der Waals surface area contributed by atoms with Crippen molar-refractivity contribution in [2.45, 2.75) is 33.4 Å². The third-order valence-corrected chi connectivity index (χ3v) is 2.98. The van der Waals surface area contributed by atoms with Crippen LogP contribution in [0.1, 0.15) is 25.1 Å². The van der Waals surface area contributed by atoms with E-state index < -0.39 is 0 Å². The van der Waals surface area contributed by atoms with Crippen LogP contribution in [-0.2, 0) is 6.54 Å². The van der Waals surface area contributed by atoms with Gasteiger partial charge in [0.15, 0.2) is 0 Å². The van der Waals surface area contributed by atoms with Gasteiger partial charge in [-0.25, -0.2) is 4.98 Å². The Labute approximate surface area is 125 Å². The zero-order valence-corrected chi connectivity index (χ0v) is 13.0. The van der Waals surface area contributed by atoms with Crippen LogP contribution in [0.25, 0.3) is 0 Å². The molecule has 0 amide bonds. The summed E-state index contributed by atoms with van der Waals surface area (Å²) >= 11 is 0. The van der Waals surface area contributed by atoms with E-state index in [1.54, 1.807) is 0 Å². The SMILES string of the molecule is Cc1cc(OC(C)C)nc(N(C)Cc2ccccc2N)n1. The van der Waals surface area contributed by atoms with Gasteiger partial charge in [-0.2, -0.15) is 4.98 Å². The zero-order chi connectivity index (χ0) is 15.4. The van der Waals surface area contributed by atoms with Crippen LogP contribution in [0.4, 0.5) is 11.6 Å². The number of nitrogens with zero attached hydrogens (tertiary/aromatic N) is 3. The molecule has 1 heterocycles. The Morgan fingerprint density at radius 3 is 2.62 bits per heavy atom. The van der Waals surface area contributed by atoms with Crippen LogP contribution in [0.2, 0.25) is 0 Å². The fourth-order valence-corrected chi connectivity index (χ4v) is 2.00. The van der Waals surface area contributed by atoms with E-state index in [0.717, 1.165) is 16.9 Å². The van der Waals surface area contributed by atoms with Crippen LogP contribution in [0.5, 0.6) is 5.88 Å². The third kappa shape index (κ3) is 4.08. The molecule has 0 unspecified atom stereocenters. The van der Waals surface area contributed by atoms with Crippen LogP contribution < -0.4 is 15.4 Å². The maximum atomic E-state index is 5.98. The van der Waals surface area contributed by atoms with Crippen molar-refractivity contribution in [2.24, 2.45) is 0 Å². The van der Waals surface area contributed by atoms with Gasteiger partial charge < -0.3 is 15.4 Å². The second-order valence-electron chi connectivity index (χ2n) is 5.37. The molecule has 0 spiro atoms. The van der Waals surface area contributed by atoms with Crippen molar-refractivity contribution in [3.8, 4) is 5.88 Å². The molecule has 0 radical (unpaired) electrons. The average Bonchev–Trinajstić information content (AvgIpc) is 2.40. The molecular weight excluding hydrogens is 264 g/mol. The van der Waals surface area contributed by atoms with Gasteiger partial charge in [-0.05, 0) is 32.4 Å². The van der Waals surface area contributed by atoms with Crippen LogP contribution in [-0.4, -0.2) is 23.1 Å². The molecule has 0 bridgehead atoms.